The number of ether oxygens (including phenoxy) is 5. The van der Waals surface area contributed by atoms with Gasteiger partial charge < -0.3 is 28.8 Å². The summed E-state index contributed by atoms with van der Waals surface area (Å²) in [6.07, 6.45) is 5.78. The summed E-state index contributed by atoms with van der Waals surface area (Å²) < 4.78 is 41.4. The van der Waals surface area contributed by atoms with Gasteiger partial charge in [0.1, 0.15) is 0 Å². The van der Waals surface area contributed by atoms with Crippen LogP contribution < -0.4 is 18.9 Å². The van der Waals surface area contributed by atoms with Gasteiger partial charge in [0.15, 0.2) is 23.1 Å². The number of carbonyl (C=O) groups excluding carboxylic acids is 1. The van der Waals surface area contributed by atoms with Gasteiger partial charge in [0.05, 0.1) is 27.4 Å². The van der Waals surface area contributed by atoms with E-state index in [0.717, 1.165) is 31.7 Å². The lowest BCUT2D eigenvalue weighted by Crippen LogP contribution is -2.24. The highest BCUT2D eigenvalue weighted by Gasteiger charge is 2.40. The van der Waals surface area contributed by atoms with Crippen LogP contribution in [0.1, 0.15) is 36.8 Å². The highest BCUT2D eigenvalue weighted by Crippen LogP contribution is 2.42. The lowest BCUT2D eigenvalue weighted by molar-refractivity contribution is -0.182. The molecule has 2 aromatic rings. The van der Waals surface area contributed by atoms with Gasteiger partial charge in [-0.25, -0.2) is 9.18 Å². The van der Waals surface area contributed by atoms with Gasteiger partial charge >= 0.3 is 5.97 Å². The van der Waals surface area contributed by atoms with Crippen molar-refractivity contribution < 1.29 is 38.0 Å². The maximum Gasteiger partial charge on any atom is 0.337 e. The van der Waals surface area contributed by atoms with Crippen LogP contribution in [0, 0.1) is 5.82 Å². The maximum absolute atomic E-state index is 14.1. The Morgan fingerprint density at radius 3 is 2.24 bits per heavy atom. The van der Waals surface area contributed by atoms with E-state index in [1.807, 2.05) is 0 Å². The molecule has 0 bridgehead atoms. The molecular formula is C25H27FO7. The number of benzene rings is 2. The molecule has 1 fully saturated rings. The Bertz CT molecular complexity index is 1050. The van der Waals surface area contributed by atoms with E-state index in [9.17, 15) is 14.3 Å². The number of hydrogen-bond donors (Lipinski definition) is 1. The Morgan fingerprint density at radius 2 is 1.67 bits per heavy atom. The minimum absolute atomic E-state index is 0.0231. The van der Waals surface area contributed by atoms with E-state index in [0.29, 0.717) is 22.8 Å². The second kappa shape index (κ2) is 9.31. The molecule has 176 valence electrons. The summed E-state index contributed by atoms with van der Waals surface area (Å²) >= 11 is 0. The van der Waals surface area contributed by atoms with Gasteiger partial charge in [0.2, 0.25) is 5.75 Å². The summed E-state index contributed by atoms with van der Waals surface area (Å²) in [5.41, 5.74) is 1.01. The Balaban J connectivity index is 1.61. The van der Waals surface area contributed by atoms with E-state index < -0.39 is 17.6 Å². The van der Waals surface area contributed by atoms with Crippen LogP contribution in [0.15, 0.2) is 42.0 Å². The molecule has 2 aromatic carbocycles. The van der Waals surface area contributed by atoms with Crippen molar-refractivity contribution in [3.05, 3.63) is 58.9 Å². The molecule has 2 aliphatic rings. The highest BCUT2D eigenvalue weighted by atomic mass is 19.1. The highest BCUT2D eigenvalue weighted by molar-refractivity contribution is 5.92. The van der Waals surface area contributed by atoms with Crippen molar-refractivity contribution in [2.45, 2.75) is 44.0 Å². The lowest BCUT2D eigenvalue weighted by atomic mass is 10.0. The maximum atomic E-state index is 14.1. The van der Waals surface area contributed by atoms with Crippen LogP contribution in [-0.4, -0.2) is 38.5 Å². The molecule has 1 saturated carbocycles. The Morgan fingerprint density at radius 1 is 1.03 bits per heavy atom. The average Bonchev–Trinajstić information content (AvgIpc) is 3.42. The zero-order valence-electron chi connectivity index (χ0n) is 18.9. The van der Waals surface area contributed by atoms with Gasteiger partial charge in [-0.05, 0) is 61.6 Å². The summed E-state index contributed by atoms with van der Waals surface area (Å²) in [4.78, 5) is 12.5. The van der Waals surface area contributed by atoms with Crippen molar-refractivity contribution in [1.29, 1.82) is 0 Å². The molecule has 0 spiro atoms. The Labute approximate surface area is 191 Å². The average molecular weight is 458 g/mol. The quantitative estimate of drug-likeness (QED) is 0.598. The second-order valence-electron chi connectivity index (χ2n) is 8.14. The third kappa shape index (κ3) is 4.61. The van der Waals surface area contributed by atoms with Gasteiger partial charge in [-0.15, -0.1) is 0 Å². The minimum atomic E-state index is -2.07. The van der Waals surface area contributed by atoms with Crippen molar-refractivity contribution in [2.24, 2.45) is 0 Å². The van der Waals surface area contributed by atoms with Crippen molar-refractivity contribution in [1.82, 2.24) is 0 Å². The van der Waals surface area contributed by atoms with Crippen LogP contribution in [-0.2, 0) is 21.7 Å². The van der Waals surface area contributed by atoms with E-state index in [4.69, 9.17) is 23.7 Å². The molecule has 1 N–H and O–H groups in total. The number of rotatable bonds is 8. The molecule has 33 heavy (non-hydrogen) atoms. The molecule has 1 heterocycles. The van der Waals surface area contributed by atoms with Gasteiger partial charge in [0.25, 0.3) is 5.79 Å². The van der Waals surface area contributed by atoms with Crippen LogP contribution in [0.5, 0.6) is 23.0 Å². The smallest absolute Gasteiger partial charge is 0.337 e. The van der Waals surface area contributed by atoms with Gasteiger partial charge in [-0.1, -0.05) is 0 Å². The number of halogens is 1. The van der Waals surface area contributed by atoms with E-state index in [1.165, 1.54) is 25.3 Å². The Kier molecular flexibility index (Phi) is 6.47. The first kappa shape index (κ1) is 22.9. The standard InChI is InChI=1S/C25H27FO7/c1-29-20-9-8-17(13-19(20)26)25(28)14-16(24(27)33-25)10-15-11-21(30-2)23(22(12-15)31-3)32-18-6-4-5-7-18/h8-9,11-14,18,28H,4-7,10H2,1-3H3. The van der Waals surface area contributed by atoms with Crippen molar-refractivity contribution in [3.8, 4) is 23.0 Å². The largest absolute Gasteiger partial charge is 0.494 e. The topological polar surface area (TPSA) is 83.5 Å². The lowest BCUT2D eigenvalue weighted by Gasteiger charge is -2.20. The fourth-order valence-corrected chi connectivity index (χ4v) is 4.23. The molecular weight excluding hydrogens is 431 g/mol. The zero-order chi connectivity index (χ0) is 23.6. The molecule has 7 nitrogen and oxygen atoms in total. The normalized spacial score (nSPS) is 20.4. The summed E-state index contributed by atoms with van der Waals surface area (Å²) in [6.45, 7) is 0. The third-order valence-electron chi connectivity index (χ3n) is 5.95. The number of hydrogen-bond acceptors (Lipinski definition) is 7. The second-order valence-corrected chi connectivity index (χ2v) is 8.14. The summed E-state index contributed by atoms with van der Waals surface area (Å²) in [5.74, 6) is -1.89. The van der Waals surface area contributed by atoms with Gasteiger partial charge in [0, 0.05) is 23.6 Å². The summed E-state index contributed by atoms with van der Waals surface area (Å²) in [7, 11) is 4.42. The molecule has 0 amide bonds. The van der Waals surface area contributed by atoms with Crippen molar-refractivity contribution in [3.63, 3.8) is 0 Å². The zero-order valence-corrected chi connectivity index (χ0v) is 18.9. The van der Waals surface area contributed by atoms with Crippen LogP contribution in [0.3, 0.4) is 0 Å². The molecule has 1 atom stereocenters. The SMILES string of the molecule is COc1ccc(C2(O)C=C(Cc3cc(OC)c(OC4CCCC4)c(OC)c3)C(=O)O2)cc1F. The fourth-order valence-electron chi connectivity index (χ4n) is 4.23. The summed E-state index contributed by atoms with van der Waals surface area (Å²) in [5, 5.41) is 10.9. The molecule has 0 saturated heterocycles. The predicted molar refractivity (Wildman–Crippen MR) is 117 cm³/mol. The number of methoxy groups -OCH3 is 3. The molecule has 1 aliphatic carbocycles. The molecule has 1 unspecified atom stereocenters. The number of aliphatic hydroxyl groups is 1. The monoisotopic (exact) mass is 458 g/mol. The minimum Gasteiger partial charge on any atom is -0.494 e. The number of carbonyl (C=O) groups is 1. The van der Waals surface area contributed by atoms with Crippen LogP contribution in [0.25, 0.3) is 0 Å². The molecule has 0 radical (unpaired) electrons. The molecule has 4 rings (SSSR count). The van der Waals surface area contributed by atoms with E-state index in [1.54, 1.807) is 26.4 Å². The Hall–Kier alpha value is -3.26. The molecule has 1 aliphatic heterocycles. The van der Waals surface area contributed by atoms with E-state index in [2.05, 4.69) is 0 Å². The first-order chi connectivity index (χ1) is 15.9. The number of esters is 1. The van der Waals surface area contributed by atoms with Gasteiger partial charge in [-0.2, -0.15) is 0 Å². The summed E-state index contributed by atoms with van der Waals surface area (Å²) in [6, 6.07) is 7.42. The molecule has 0 aromatic heterocycles. The van der Waals surface area contributed by atoms with Crippen LogP contribution >= 0.6 is 0 Å². The van der Waals surface area contributed by atoms with E-state index in [-0.39, 0.29) is 29.4 Å². The van der Waals surface area contributed by atoms with Crippen LogP contribution in [0.4, 0.5) is 4.39 Å². The third-order valence-corrected chi connectivity index (χ3v) is 5.95. The predicted octanol–water partition coefficient (Wildman–Crippen LogP) is 4.04. The molecule has 8 heteroatoms. The van der Waals surface area contributed by atoms with Gasteiger partial charge in [-0.3, -0.25) is 0 Å². The van der Waals surface area contributed by atoms with Crippen LogP contribution in [0.2, 0.25) is 0 Å². The fraction of sp³-hybridized carbons (Fsp3) is 0.400. The number of cyclic esters (lactones) is 1. The first-order valence-corrected chi connectivity index (χ1v) is 10.8. The first-order valence-electron chi connectivity index (χ1n) is 10.8. The van der Waals surface area contributed by atoms with E-state index >= 15 is 0 Å². The van der Waals surface area contributed by atoms with Crippen molar-refractivity contribution >= 4 is 5.97 Å². The van der Waals surface area contributed by atoms with Crippen molar-refractivity contribution in [2.75, 3.05) is 21.3 Å².